The molecule has 0 spiro atoms. The number of carbonyl (C=O) groups excluding carboxylic acids is 1. The normalized spacial score (nSPS) is 11.4. The Morgan fingerprint density at radius 3 is 2.70 bits per heavy atom. The van der Waals surface area contributed by atoms with E-state index in [1.807, 2.05) is 25.1 Å². The number of nitrogens with zero attached hydrogens (tertiary/aromatic N) is 4. The summed E-state index contributed by atoms with van der Waals surface area (Å²) in [4.78, 5) is 26.3. The van der Waals surface area contributed by atoms with Gasteiger partial charge < -0.3 is 0 Å². The molecule has 0 fully saturated rings. The minimum absolute atomic E-state index is 0.0589. The molecule has 23 heavy (non-hydrogen) atoms. The number of carbonyl (C=O) groups is 1. The van der Waals surface area contributed by atoms with Crippen LogP contribution in [0.2, 0.25) is 0 Å². The Morgan fingerprint density at radius 1 is 1.13 bits per heavy atom. The van der Waals surface area contributed by atoms with Crippen LogP contribution < -0.4 is 0 Å². The molecule has 1 aromatic carbocycles. The van der Waals surface area contributed by atoms with E-state index in [0.29, 0.717) is 24.1 Å². The summed E-state index contributed by atoms with van der Waals surface area (Å²) in [7, 11) is 0. The summed E-state index contributed by atoms with van der Waals surface area (Å²) in [5.41, 5.74) is 2.65. The quantitative estimate of drug-likeness (QED) is 0.615. The molecule has 0 amide bonds. The molecular formula is C17H19BrN4O. The van der Waals surface area contributed by atoms with E-state index < -0.39 is 0 Å². The maximum Gasteiger partial charge on any atom is 0.233 e. The standard InChI is InChI=1S/C17H19BrN4O/c1-3-5-6-7-15(23)22-14(4-2)21-16-17(22)20-12-9-8-11(18)10-13(12)19-16/h8-10H,3-7H2,1-2H3. The highest BCUT2D eigenvalue weighted by molar-refractivity contribution is 9.10. The summed E-state index contributed by atoms with van der Waals surface area (Å²) in [6, 6.07) is 5.74. The van der Waals surface area contributed by atoms with Crippen LogP contribution in [0.15, 0.2) is 22.7 Å². The van der Waals surface area contributed by atoms with Gasteiger partial charge in [-0.1, -0.05) is 42.6 Å². The number of rotatable bonds is 5. The smallest absolute Gasteiger partial charge is 0.233 e. The van der Waals surface area contributed by atoms with E-state index >= 15 is 0 Å². The van der Waals surface area contributed by atoms with Crippen LogP contribution in [0.5, 0.6) is 0 Å². The molecule has 0 aliphatic carbocycles. The van der Waals surface area contributed by atoms with Crippen molar-refractivity contribution >= 4 is 44.2 Å². The van der Waals surface area contributed by atoms with Gasteiger partial charge in [0.05, 0.1) is 11.0 Å². The molecule has 0 bridgehead atoms. The molecule has 5 nitrogen and oxygen atoms in total. The molecule has 0 saturated carbocycles. The van der Waals surface area contributed by atoms with E-state index in [-0.39, 0.29) is 5.91 Å². The predicted molar refractivity (Wildman–Crippen MR) is 94.7 cm³/mol. The Balaban J connectivity index is 2.11. The molecule has 0 saturated heterocycles. The number of halogens is 1. The molecule has 0 aliphatic heterocycles. The highest BCUT2D eigenvalue weighted by Crippen LogP contribution is 2.21. The molecule has 3 aromatic rings. The molecule has 0 atom stereocenters. The second-order valence-corrected chi connectivity index (χ2v) is 6.49. The summed E-state index contributed by atoms with van der Waals surface area (Å²) in [5, 5.41) is 0. The van der Waals surface area contributed by atoms with Crippen LogP contribution in [0, 0.1) is 0 Å². The zero-order chi connectivity index (χ0) is 16.4. The van der Waals surface area contributed by atoms with E-state index in [0.717, 1.165) is 40.6 Å². The van der Waals surface area contributed by atoms with Gasteiger partial charge in [0, 0.05) is 17.3 Å². The second kappa shape index (κ2) is 6.74. The summed E-state index contributed by atoms with van der Waals surface area (Å²) in [6.45, 7) is 4.12. The van der Waals surface area contributed by atoms with Crippen molar-refractivity contribution in [3.63, 3.8) is 0 Å². The van der Waals surface area contributed by atoms with Crippen molar-refractivity contribution in [2.75, 3.05) is 0 Å². The van der Waals surface area contributed by atoms with Gasteiger partial charge in [-0.25, -0.2) is 19.5 Å². The monoisotopic (exact) mass is 374 g/mol. The fourth-order valence-electron chi connectivity index (χ4n) is 2.67. The first-order valence-corrected chi connectivity index (χ1v) is 8.81. The zero-order valence-corrected chi connectivity index (χ0v) is 14.9. The molecule has 0 radical (unpaired) electrons. The summed E-state index contributed by atoms with van der Waals surface area (Å²) < 4.78 is 2.60. The fourth-order valence-corrected chi connectivity index (χ4v) is 3.01. The molecule has 3 rings (SSSR count). The van der Waals surface area contributed by atoms with Gasteiger partial charge in [0.1, 0.15) is 5.82 Å². The van der Waals surface area contributed by atoms with E-state index in [1.54, 1.807) is 4.57 Å². The van der Waals surface area contributed by atoms with Crippen LogP contribution in [-0.4, -0.2) is 25.4 Å². The molecule has 0 N–H and O–H groups in total. The summed E-state index contributed by atoms with van der Waals surface area (Å²) in [6.07, 6.45) is 4.25. The molecule has 2 aromatic heterocycles. The third-order valence-electron chi connectivity index (χ3n) is 3.85. The van der Waals surface area contributed by atoms with Gasteiger partial charge >= 0.3 is 0 Å². The number of aryl methyl sites for hydroxylation is 1. The number of aromatic nitrogens is 4. The van der Waals surface area contributed by atoms with Crippen LogP contribution in [0.4, 0.5) is 0 Å². The average molecular weight is 375 g/mol. The maximum atomic E-state index is 12.6. The van der Waals surface area contributed by atoms with Gasteiger partial charge in [0.25, 0.3) is 0 Å². The third-order valence-corrected chi connectivity index (χ3v) is 4.35. The van der Waals surface area contributed by atoms with E-state index in [2.05, 4.69) is 37.8 Å². The number of imidazole rings is 1. The average Bonchev–Trinajstić information content (AvgIpc) is 2.90. The van der Waals surface area contributed by atoms with Gasteiger partial charge in [-0.2, -0.15) is 0 Å². The number of unbranched alkanes of at least 4 members (excludes halogenated alkanes) is 2. The van der Waals surface area contributed by atoms with Crippen molar-refractivity contribution in [3.05, 3.63) is 28.5 Å². The van der Waals surface area contributed by atoms with Crippen molar-refractivity contribution in [3.8, 4) is 0 Å². The lowest BCUT2D eigenvalue weighted by molar-refractivity contribution is 0.0900. The number of fused-ring (bicyclic) bond motifs is 2. The minimum Gasteiger partial charge on any atom is -0.274 e. The predicted octanol–water partition coefficient (Wildman–Crippen LogP) is 4.52. The van der Waals surface area contributed by atoms with Crippen molar-refractivity contribution in [2.24, 2.45) is 0 Å². The van der Waals surface area contributed by atoms with Crippen molar-refractivity contribution < 1.29 is 4.79 Å². The molecule has 6 heteroatoms. The van der Waals surface area contributed by atoms with Crippen LogP contribution in [-0.2, 0) is 6.42 Å². The summed E-state index contributed by atoms with van der Waals surface area (Å²) in [5.74, 6) is 0.791. The zero-order valence-electron chi connectivity index (χ0n) is 13.3. The van der Waals surface area contributed by atoms with Gasteiger partial charge in [-0.15, -0.1) is 0 Å². The van der Waals surface area contributed by atoms with Gasteiger partial charge in [0.2, 0.25) is 5.91 Å². The topological polar surface area (TPSA) is 60.7 Å². The third kappa shape index (κ3) is 3.13. The maximum absolute atomic E-state index is 12.6. The lowest BCUT2D eigenvalue weighted by atomic mass is 10.2. The molecular weight excluding hydrogens is 356 g/mol. The first kappa shape index (κ1) is 16.1. The first-order valence-electron chi connectivity index (χ1n) is 8.01. The second-order valence-electron chi connectivity index (χ2n) is 5.57. The molecule has 0 unspecified atom stereocenters. The van der Waals surface area contributed by atoms with Crippen molar-refractivity contribution in [1.82, 2.24) is 19.5 Å². The van der Waals surface area contributed by atoms with Gasteiger partial charge in [-0.3, -0.25) is 4.79 Å². The SMILES string of the molecule is CCCCCC(=O)n1c(CC)nc2nc3cc(Br)ccc3nc21. The summed E-state index contributed by atoms with van der Waals surface area (Å²) >= 11 is 3.44. The largest absolute Gasteiger partial charge is 0.274 e. The highest BCUT2D eigenvalue weighted by atomic mass is 79.9. The van der Waals surface area contributed by atoms with Crippen LogP contribution in [0.1, 0.15) is 50.1 Å². The van der Waals surface area contributed by atoms with E-state index in [4.69, 9.17) is 0 Å². The Hall–Kier alpha value is -1.82. The highest BCUT2D eigenvalue weighted by Gasteiger charge is 2.18. The molecule has 0 aliphatic rings. The van der Waals surface area contributed by atoms with Gasteiger partial charge in [-0.05, 0) is 24.6 Å². The van der Waals surface area contributed by atoms with E-state index in [1.165, 1.54) is 0 Å². The minimum atomic E-state index is 0.0589. The van der Waals surface area contributed by atoms with Crippen LogP contribution >= 0.6 is 15.9 Å². The lowest BCUT2D eigenvalue weighted by Gasteiger charge is -2.06. The fraction of sp³-hybridized carbons (Fsp3) is 0.412. The number of benzene rings is 1. The molecule has 2 heterocycles. The Labute approximate surface area is 143 Å². The molecule has 120 valence electrons. The Kier molecular flexibility index (Phi) is 4.71. The van der Waals surface area contributed by atoms with Crippen LogP contribution in [0.25, 0.3) is 22.3 Å². The lowest BCUT2D eigenvalue weighted by Crippen LogP contribution is -2.14. The number of hydrogen-bond acceptors (Lipinski definition) is 4. The Bertz CT molecular complexity index is 872. The van der Waals surface area contributed by atoms with Gasteiger partial charge in [0.15, 0.2) is 11.3 Å². The Morgan fingerprint density at radius 2 is 1.96 bits per heavy atom. The number of hydrogen-bond donors (Lipinski definition) is 0. The first-order chi connectivity index (χ1) is 11.1. The van der Waals surface area contributed by atoms with Crippen molar-refractivity contribution in [2.45, 2.75) is 46.0 Å². The van der Waals surface area contributed by atoms with E-state index in [9.17, 15) is 4.79 Å². The van der Waals surface area contributed by atoms with Crippen LogP contribution in [0.3, 0.4) is 0 Å². The van der Waals surface area contributed by atoms with Crippen molar-refractivity contribution in [1.29, 1.82) is 0 Å².